The van der Waals surface area contributed by atoms with Crippen molar-refractivity contribution < 1.29 is 0 Å². The van der Waals surface area contributed by atoms with E-state index in [4.69, 9.17) is 0 Å². The minimum absolute atomic E-state index is 0.103. The molecule has 0 amide bonds. The number of nitrogens with zero attached hydrogens (tertiary/aromatic N) is 3. The van der Waals surface area contributed by atoms with Crippen LogP contribution < -0.4 is 11.1 Å². The lowest BCUT2D eigenvalue weighted by atomic mass is 10.4. The van der Waals surface area contributed by atoms with Gasteiger partial charge < -0.3 is 4.98 Å². The van der Waals surface area contributed by atoms with Crippen LogP contribution in [0.1, 0.15) is 5.82 Å². The van der Waals surface area contributed by atoms with Crippen molar-refractivity contribution in [3.05, 3.63) is 53.1 Å². The molecule has 0 radical (unpaired) electrons. The van der Waals surface area contributed by atoms with Gasteiger partial charge in [-0.1, -0.05) is 0 Å². The van der Waals surface area contributed by atoms with Crippen LogP contribution in [0.2, 0.25) is 0 Å². The zero-order valence-corrected chi connectivity index (χ0v) is 13.7. The van der Waals surface area contributed by atoms with Crippen molar-refractivity contribution in [2.45, 2.75) is 6.54 Å². The number of rotatable bonds is 2. The van der Waals surface area contributed by atoms with Gasteiger partial charge in [-0.05, 0) is 43.3 Å². The number of halogens is 2. The fourth-order valence-corrected chi connectivity index (χ4v) is 2.99. The molecule has 0 unspecified atom stereocenters. The van der Waals surface area contributed by atoms with E-state index < -0.39 is 0 Å². The predicted octanol–water partition coefficient (Wildman–Crippen LogP) is 2.11. The number of hydrogen-bond donors (Lipinski definition) is 1. The van der Waals surface area contributed by atoms with Gasteiger partial charge in [-0.15, -0.1) is 11.3 Å². The number of nitrogens with one attached hydrogen (secondary N) is 1. The maximum absolute atomic E-state index is 12.0. The van der Waals surface area contributed by atoms with Gasteiger partial charge in [-0.25, -0.2) is 9.67 Å². The normalized spacial score (nSPS) is 11.1. The molecule has 0 aliphatic heterocycles. The quantitative estimate of drug-likeness (QED) is 0.692. The Morgan fingerprint density at radius 2 is 2.15 bits per heavy atom. The summed E-state index contributed by atoms with van der Waals surface area (Å²) in [7, 11) is 0. The molecule has 3 heterocycles. The zero-order chi connectivity index (χ0) is 14.3. The first-order valence-corrected chi connectivity index (χ1v) is 7.90. The Hall–Kier alpha value is -1.32. The van der Waals surface area contributed by atoms with Gasteiger partial charge in [0.2, 0.25) is 0 Å². The van der Waals surface area contributed by atoms with Crippen LogP contribution in [0.3, 0.4) is 0 Å². The summed E-state index contributed by atoms with van der Waals surface area (Å²) in [6.07, 6.45) is 1.51. The van der Waals surface area contributed by atoms with Crippen molar-refractivity contribution in [2.75, 3.05) is 0 Å². The molecule has 0 fully saturated rings. The Morgan fingerprint density at radius 3 is 2.95 bits per heavy atom. The van der Waals surface area contributed by atoms with Crippen molar-refractivity contribution in [1.82, 2.24) is 19.7 Å². The van der Waals surface area contributed by atoms with Gasteiger partial charge >= 0.3 is 0 Å². The number of aromatic amines is 1. The maximum Gasteiger partial charge on any atom is 0.282 e. The van der Waals surface area contributed by atoms with Crippen molar-refractivity contribution >= 4 is 53.4 Å². The second-order valence-electron chi connectivity index (χ2n) is 3.92. The molecule has 20 heavy (non-hydrogen) atoms. The lowest BCUT2D eigenvalue weighted by Gasteiger charge is -2.05. The van der Waals surface area contributed by atoms with Crippen LogP contribution in [-0.2, 0) is 6.54 Å². The fraction of sp³-hybridized carbons (Fsp3) is 0.0909. The molecular formula is C11H6Br2N4O2S. The minimum Gasteiger partial charge on any atom is -0.308 e. The standard InChI is InChI=1S/C11H6Br2N4O2S/c12-5-3-14-17(11(19)8(5)13)4-7-15-6-1-2-20-9(6)10(18)16-7/h1-3H,4H2,(H,15,16,18). The van der Waals surface area contributed by atoms with Gasteiger partial charge in [0.15, 0.2) is 0 Å². The molecule has 3 rings (SSSR count). The molecule has 0 aromatic carbocycles. The van der Waals surface area contributed by atoms with Crippen LogP contribution >= 0.6 is 43.2 Å². The molecule has 0 spiro atoms. The Morgan fingerprint density at radius 1 is 1.35 bits per heavy atom. The first-order valence-electron chi connectivity index (χ1n) is 5.44. The van der Waals surface area contributed by atoms with Crippen molar-refractivity contribution in [3.8, 4) is 0 Å². The van der Waals surface area contributed by atoms with Crippen LogP contribution in [0.4, 0.5) is 0 Å². The number of hydrogen-bond acceptors (Lipinski definition) is 5. The third-order valence-electron chi connectivity index (χ3n) is 2.61. The molecule has 0 aliphatic carbocycles. The zero-order valence-electron chi connectivity index (χ0n) is 9.76. The first kappa shape index (κ1) is 13.7. The summed E-state index contributed by atoms with van der Waals surface area (Å²) in [4.78, 5) is 30.8. The third-order valence-corrected chi connectivity index (χ3v) is 5.41. The van der Waals surface area contributed by atoms with E-state index in [1.165, 1.54) is 22.2 Å². The monoisotopic (exact) mass is 416 g/mol. The highest BCUT2D eigenvalue weighted by Crippen LogP contribution is 2.17. The molecule has 1 N–H and O–H groups in total. The molecular weight excluding hydrogens is 412 g/mol. The Kier molecular flexibility index (Phi) is 3.57. The summed E-state index contributed by atoms with van der Waals surface area (Å²) in [6.45, 7) is 0.103. The van der Waals surface area contributed by atoms with Crippen LogP contribution in [0, 0.1) is 0 Å². The molecule has 102 valence electrons. The summed E-state index contributed by atoms with van der Waals surface area (Å²) >= 11 is 7.72. The van der Waals surface area contributed by atoms with Gasteiger partial charge in [0.1, 0.15) is 21.5 Å². The maximum atomic E-state index is 12.0. The van der Waals surface area contributed by atoms with Crippen LogP contribution in [0.25, 0.3) is 10.2 Å². The molecule has 0 aliphatic rings. The van der Waals surface area contributed by atoms with Crippen LogP contribution in [-0.4, -0.2) is 19.7 Å². The van der Waals surface area contributed by atoms with Crippen molar-refractivity contribution in [3.63, 3.8) is 0 Å². The summed E-state index contributed by atoms with van der Waals surface area (Å²) in [6, 6.07) is 1.77. The number of H-pyrrole nitrogens is 1. The number of aromatic nitrogens is 4. The highest BCUT2D eigenvalue weighted by molar-refractivity contribution is 9.13. The second-order valence-corrected chi connectivity index (χ2v) is 6.48. The fourth-order valence-electron chi connectivity index (χ4n) is 1.70. The van der Waals surface area contributed by atoms with Gasteiger partial charge in [0, 0.05) is 0 Å². The molecule has 3 aromatic rings. The van der Waals surface area contributed by atoms with E-state index in [0.717, 1.165) is 0 Å². The average Bonchev–Trinajstić information content (AvgIpc) is 2.88. The topological polar surface area (TPSA) is 80.6 Å². The van der Waals surface area contributed by atoms with E-state index in [-0.39, 0.29) is 17.7 Å². The SMILES string of the molecule is O=c1[nH]c(Cn2ncc(Br)c(Br)c2=O)nc2ccsc12. The van der Waals surface area contributed by atoms with E-state index >= 15 is 0 Å². The van der Waals surface area contributed by atoms with Gasteiger partial charge in [0.25, 0.3) is 11.1 Å². The van der Waals surface area contributed by atoms with E-state index in [2.05, 4.69) is 46.9 Å². The molecule has 9 heteroatoms. The number of fused-ring (bicyclic) bond motifs is 1. The first-order chi connectivity index (χ1) is 9.56. The molecule has 0 saturated carbocycles. The lowest BCUT2D eigenvalue weighted by molar-refractivity contribution is 0.610. The molecule has 0 atom stereocenters. The largest absolute Gasteiger partial charge is 0.308 e. The smallest absolute Gasteiger partial charge is 0.282 e. The van der Waals surface area contributed by atoms with Crippen LogP contribution in [0.15, 0.2) is 36.2 Å². The molecule has 0 bridgehead atoms. The highest BCUT2D eigenvalue weighted by Gasteiger charge is 2.10. The second kappa shape index (κ2) is 5.23. The Labute approximate surface area is 132 Å². The third kappa shape index (κ3) is 2.36. The molecule has 6 nitrogen and oxygen atoms in total. The summed E-state index contributed by atoms with van der Waals surface area (Å²) in [5.41, 5.74) is 0.120. The van der Waals surface area contributed by atoms with E-state index in [1.54, 1.807) is 11.4 Å². The lowest BCUT2D eigenvalue weighted by Crippen LogP contribution is -2.26. The molecule has 3 aromatic heterocycles. The Bertz CT molecular complexity index is 915. The summed E-state index contributed by atoms with van der Waals surface area (Å²) in [5, 5.41) is 5.80. The van der Waals surface area contributed by atoms with Crippen LogP contribution in [0.5, 0.6) is 0 Å². The van der Waals surface area contributed by atoms with Crippen molar-refractivity contribution in [1.29, 1.82) is 0 Å². The summed E-state index contributed by atoms with van der Waals surface area (Å²) in [5.74, 6) is 0.393. The molecule has 0 saturated heterocycles. The highest BCUT2D eigenvalue weighted by atomic mass is 79.9. The Balaban J connectivity index is 2.08. The summed E-state index contributed by atoms with van der Waals surface area (Å²) < 4.78 is 2.76. The van der Waals surface area contributed by atoms with Crippen molar-refractivity contribution in [2.24, 2.45) is 0 Å². The van der Waals surface area contributed by atoms with Gasteiger partial charge in [-0.3, -0.25) is 9.59 Å². The predicted molar refractivity (Wildman–Crippen MR) is 83.2 cm³/mol. The van der Waals surface area contributed by atoms with Gasteiger partial charge in [0.05, 0.1) is 16.2 Å². The van der Waals surface area contributed by atoms with E-state index in [1.807, 2.05) is 0 Å². The average molecular weight is 418 g/mol. The van der Waals surface area contributed by atoms with Gasteiger partial charge in [-0.2, -0.15) is 5.10 Å². The van der Waals surface area contributed by atoms with E-state index in [9.17, 15) is 9.59 Å². The minimum atomic E-state index is -0.299. The van der Waals surface area contributed by atoms with E-state index in [0.29, 0.717) is 25.0 Å². The number of thiophene rings is 1.